The summed E-state index contributed by atoms with van der Waals surface area (Å²) < 4.78 is 0. The SMILES string of the molecule is CC1(C)c2ccccc2-c2ccc(-c3c4ccccc4c(-c4ccc5c(c4)-c4cc6ccccc6cc4C54C5CC6CC(C5)CC4C6)c4ccccc34)cc21. The van der Waals surface area contributed by atoms with E-state index in [1.807, 2.05) is 0 Å². The molecule has 6 aliphatic carbocycles. The molecule has 264 valence electrons. The molecular formula is C55H44. The molecule has 0 heteroatoms. The zero-order valence-corrected chi connectivity index (χ0v) is 31.7. The van der Waals surface area contributed by atoms with E-state index in [0.717, 1.165) is 23.7 Å². The molecule has 0 radical (unpaired) electrons. The smallest absolute Gasteiger partial charge is 0.0272 e. The Hall–Kier alpha value is -5.46. The molecule has 0 heterocycles. The molecule has 4 saturated carbocycles. The van der Waals surface area contributed by atoms with Gasteiger partial charge in [-0.1, -0.05) is 135 Å². The van der Waals surface area contributed by atoms with Crippen molar-refractivity contribution in [2.24, 2.45) is 23.7 Å². The van der Waals surface area contributed by atoms with Gasteiger partial charge in [-0.3, -0.25) is 0 Å². The Labute approximate surface area is 323 Å². The molecule has 0 amide bonds. The quantitative estimate of drug-likeness (QED) is 0.157. The first-order valence-corrected chi connectivity index (χ1v) is 20.9. The first kappa shape index (κ1) is 30.8. The van der Waals surface area contributed by atoms with Crippen LogP contribution in [0.5, 0.6) is 0 Å². The fraction of sp³-hybridized carbons (Fsp3) is 0.236. The Morgan fingerprint density at radius 3 is 1.55 bits per heavy atom. The molecule has 55 heavy (non-hydrogen) atoms. The lowest BCUT2D eigenvalue weighted by atomic mass is 9.43. The van der Waals surface area contributed by atoms with Gasteiger partial charge >= 0.3 is 0 Å². The van der Waals surface area contributed by atoms with Crippen molar-refractivity contribution in [3.8, 4) is 44.5 Å². The van der Waals surface area contributed by atoms with Crippen molar-refractivity contribution in [3.63, 3.8) is 0 Å². The first-order valence-electron chi connectivity index (χ1n) is 20.9. The summed E-state index contributed by atoms with van der Waals surface area (Å²) in [4.78, 5) is 0. The van der Waals surface area contributed by atoms with E-state index in [1.54, 1.807) is 11.1 Å². The fourth-order valence-corrected chi connectivity index (χ4v) is 13.7. The maximum atomic E-state index is 2.63. The van der Waals surface area contributed by atoms with E-state index in [2.05, 4.69) is 159 Å². The normalized spacial score (nSPS) is 24.8. The fourth-order valence-electron chi connectivity index (χ4n) is 13.7. The Morgan fingerprint density at radius 1 is 0.382 bits per heavy atom. The van der Waals surface area contributed by atoms with Crippen molar-refractivity contribution in [3.05, 3.63) is 168 Å². The lowest BCUT2D eigenvalue weighted by Gasteiger charge is -2.61. The lowest BCUT2D eigenvalue weighted by molar-refractivity contribution is -0.0398. The molecule has 8 aromatic rings. The van der Waals surface area contributed by atoms with Crippen LogP contribution in [0.2, 0.25) is 0 Å². The molecule has 0 saturated heterocycles. The molecule has 14 rings (SSSR count). The molecule has 0 aromatic heterocycles. The van der Waals surface area contributed by atoms with E-state index in [0.29, 0.717) is 0 Å². The van der Waals surface area contributed by atoms with Crippen LogP contribution in [-0.2, 0) is 10.8 Å². The zero-order chi connectivity index (χ0) is 36.2. The van der Waals surface area contributed by atoms with Crippen LogP contribution in [-0.4, -0.2) is 0 Å². The van der Waals surface area contributed by atoms with E-state index in [9.17, 15) is 0 Å². The lowest BCUT2D eigenvalue weighted by Crippen LogP contribution is -2.55. The second-order valence-corrected chi connectivity index (χ2v) is 18.5. The highest BCUT2D eigenvalue weighted by atomic mass is 14.6. The molecule has 0 aliphatic heterocycles. The summed E-state index contributed by atoms with van der Waals surface area (Å²) in [6, 6.07) is 56.7. The third-order valence-electron chi connectivity index (χ3n) is 15.6. The minimum absolute atomic E-state index is 0.0475. The monoisotopic (exact) mass is 704 g/mol. The average molecular weight is 705 g/mol. The second kappa shape index (κ2) is 10.6. The van der Waals surface area contributed by atoms with E-state index in [4.69, 9.17) is 0 Å². The van der Waals surface area contributed by atoms with Crippen LogP contribution >= 0.6 is 0 Å². The van der Waals surface area contributed by atoms with Crippen LogP contribution in [0, 0.1) is 23.7 Å². The molecule has 8 aromatic carbocycles. The highest BCUT2D eigenvalue weighted by Crippen LogP contribution is 2.70. The number of fused-ring (bicyclic) bond motifs is 9. The molecule has 0 N–H and O–H groups in total. The van der Waals surface area contributed by atoms with Crippen molar-refractivity contribution >= 4 is 32.3 Å². The summed E-state index contributed by atoms with van der Waals surface area (Å²) >= 11 is 0. The van der Waals surface area contributed by atoms with Gasteiger partial charge in [0.2, 0.25) is 0 Å². The highest BCUT2D eigenvalue weighted by Gasteiger charge is 2.61. The molecule has 4 bridgehead atoms. The summed E-state index contributed by atoms with van der Waals surface area (Å²) in [5, 5.41) is 8.08. The van der Waals surface area contributed by atoms with E-state index in [-0.39, 0.29) is 10.8 Å². The third kappa shape index (κ3) is 3.88. The molecule has 0 nitrogen and oxygen atoms in total. The van der Waals surface area contributed by atoms with Crippen molar-refractivity contribution in [1.82, 2.24) is 0 Å². The van der Waals surface area contributed by atoms with Gasteiger partial charge in [0.15, 0.2) is 0 Å². The predicted octanol–water partition coefficient (Wildman–Crippen LogP) is 14.5. The maximum absolute atomic E-state index is 2.63. The average Bonchev–Trinajstić information content (AvgIpc) is 3.62. The van der Waals surface area contributed by atoms with E-state index in [1.165, 1.54) is 120 Å². The van der Waals surface area contributed by atoms with E-state index < -0.39 is 0 Å². The van der Waals surface area contributed by atoms with Gasteiger partial charge in [0.1, 0.15) is 0 Å². The van der Waals surface area contributed by atoms with Crippen LogP contribution < -0.4 is 0 Å². The number of hydrogen-bond donors (Lipinski definition) is 0. The van der Waals surface area contributed by atoms with Crippen molar-refractivity contribution in [2.75, 3.05) is 0 Å². The summed E-state index contributed by atoms with van der Waals surface area (Å²) in [6.45, 7) is 4.78. The number of benzene rings is 8. The number of rotatable bonds is 2. The van der Waals surface area contributed by atoms with Crippen molar-refractivity contribution in [2.45, 2.75) is 56.8 Å². The predicted molar refractivity (Wildman–Crippen MR) is 231 cm³/mol. The molecule has 1 spiro atoms. The van der Waals surface area contributed by atoms with Gasteiger partial charge in [-0.05, 0) is 179 Å². The molecule has 4 fully saturated rings. The zero-order valence-electron chi connectivity index (χ0n) is 31.7. The van der Waals surface area contributed by atoms with Gasteiger partial charge in [-0.25, -0.2) is 0 Å². The van der Waals surface area contributed by atoms with Crippen LogP contribution in [0.1, 0.15) is 68.2 Å². The van der Waals surface area contributed by atoms with Gasteiger partial charge in [-0.15, -0.1) is 0 Å². The standard InChI is InChI=1S/C55H44/c1-54(2)48-18-10-9-13-40(48)41-21-19-37(31-50(41)54)53-44-16-7-5-14-42(44)52(43-15-6-8-17-45(43)53)36-20-22-49-46(29-36)47-28-34-11-3-4-12-35(34)30-51(47)55(49)38-24-32-23-33(26-38)27-39(55)25-32/h3-22,28-33,38-39H,23-27H2,1-2H3. The maximum Gasteiger partial charge on any atom is 0.0272 e. The van der Waals surface area contributed by atoms with Gasteiger partial charge in [0, 0.05) is 10.8 Å². The van der Waals surface area contributed by atoms with Gasteiger partial charge in [0.25, 0.3) is 0 Å². The summed E-state index contributed by atoms with van der Waals surface area (Å²) in [7, 11) is 0. The summed E-state index contributed by atoms with van der Waals surface area (Å²) in [5.74, 6) is 3.37. The van der Waals surface area contributed by atoms with Crippen LogP contribution in [0.4, 0.5) is 0 Å². The van der Waals surface area contributed by atoms with Crippen molar-refractivity contribution < 1.29 is 0 Å². The first-order chi connectivity index (χ1) is 27.0. The summed E-state index contributed by atoms with van der Waals surface area (Å²) in [5.41, 5.74) is 17.3. The van der Waals surface area contributed by atoms with Crippen LogP contribution in [0.3, 0.4) is 0 Å². The van der Waals surface area contributed by atoms with Gasteiger partial charge < -0.3 is 0 Å². The Bertz CT molecular complexity index is 2890. The Balaban J connectivity index is 1.05. The molecule has 6 aliphatic rings. The minimum atomic E-state index is -0.0475. The highest BCUT2D eigenvalue weighted by molar-refractivity contribution is 6.21. The topological polar surface area (TPSA) is 0 Å². The van der Waals surface area contributed by atoms with E-state index >= 15 is 0 Å². The minimum Gasteiger partial charge on any atom is -0.0619 e. The molecular weight excluding hydrogens is 661 g/mol. The van der Waals surface area contributed by atoms with Crippen LogP contribution in [0.15, 0.2) is 146 Å². The van der Waals surface area contributed by atoms with Gasteiger partial charge in [-0.2, -0.15) is 0 Å². The Kier molecular flexibility index (Phi) is 5.96. The Morgan fingerprint density at radius 2 is 0.891 bits per heavy atom. The largest absolute Gasteiger partial charge is 0.0619 e. The van der Waals surface area contributed by atoms with Crippen LogP contribution in [0.25, 0.3) is 76.8 Å². The third-order valence-corrected chi connectivity index (χ3v) is 15.6. The second-order valence-electron chi connectivity index (χ2n) is 18.5. The molecule has 0 atom stereocenters. The molecule has 0 unspecified atom stereocenters. The van der Waals surface area contributed by atoms with Gasteiger partial charge in [0.05, 0.1) is 0 Å². The number of hydrogen-bond acceptors (Lipinski definition) is 0. The summed E-state index contributed by atoms with van der Waals surface area (Å²) in [6.07, 6.45) is 7.10. The van der Waals surface area contributed by atoms with Crippen molar-refractivity contribution in [1.29, 1.82) is 0 Å².